The third kappa shape index (κ3) is 3.83. The van der Waals surface area contributed by atoms with E-state index in [0.29, 0.717) is 10.9 Å². The van der Waals surface area contributed by atoms with Crippen molar-refractivity contribution < 1.29 is 27.4 Å². The summed E-state index contributed by atoms with van der Waals surface area (Å²) in [6.45, 7) is 1.31. The molecule has 1 N–H and O–H groups in total. The molecule has 2 heterocycles. The molecular weight excluding hydrogens is 418 g/mol. The number of fused-ring (bicyclic) bond motifs is 1. The van der Waals surface area contributed by atoms with Crippen molar-refractivity contribution >= 4 is 10.9 Å². The molecule has 4 aromatic rings. The lowest BCUT2D eigenvalue weighted by molar-refractivity contribution is -0.274. The van der Waals surface area contributed by atoms with Gasteiger partial charge in [0.1, 0.15) is 11.6 Å². The van der Waals surface area contributed by atoms with Gasteiger partial charge in [-0.1, -0.05) is 18.2 Å². The van der Waals surface area contributed by atoms with Crippen LogP contribution in [0.5, 0.6) is 11.6 Å². The monoisotopic (exact) mass is 433 g/mol. The first kappa shape index (κ1) is 20.5. The molecule has 0 aliphatic heterocycles. The van der Waals surface area contributed by atoms with Gasteiger partial charge in [-0.2, -0.15) is 0 Å². The number of rotatable bonds is 4. The van der Waals surface area contributed by atoms with E-state index < -0.39 is 29.5 Å². The summed E-state index contributed by atoms with van der Waals surface area (Å²) in [5.41, 5.74) is 0.384. The quantitative estimate of drug-likeness (QED) is 0.488. The van der Waals surface area contributed by atoms with Gasteiger partial charge in [0.25, 0.3) is 0 Å². The van der Waals surface area contributed by atoms with E-state index in [4.69, 9.17) is 0 Å². The molecule has 2 aromatic heterocycles. The first-order chi connectivity index (χ1) is 14.7. The Balaban J connectivity index is 1.76. The van der Waals surface area contributed by atoms with E-state index in [9.17, 15) is 27.5 Å². The maximum atomic E-state index is 14.5. The molecule has 0 fully saturated rings. The average molecular weight is 433 g/mol. The van der Waals surface area contributed by atoms with Gasteiger partial charge in [0.15, 0.2) is 0 Å². The SMILES string of the molecule is Cc1c(O)n(-c2ccc(OC(F)(F)F)cc2)c(=O)n1Cc1c(F)cnc2ccccc12. The summed E-state index contributed by atoms with van der Waals surface area (Å²) >= 11 is 0. The van der Waals surface area contributed by atoms with Gasteiger partial charge in [-0.15, -0.1) is 13.2 Å². The molecule has 0 bridgehead atoms. The molecule has 0 atom stereocenters. The lowest BCUT2D eigenvalue weighted by Crippen LogP contribution is -2.25. The van der Waals surface area contributed by atoms with Crippen molar-refractivity contribution in [3.8, 4) is 17.3 Å². The lowest BCUT2D eigenvalue weighted by Gasteiger charge is -2.10. The number of benzene rings is 2. The van der Waals surface area contributed by atoms with E-state index in [1.54, 1.807) is 24.3 Å². The molecule has 4 rings (SSSR count). The summed E-state index contributed by atoms with van der Waals surface area (Å²) < 4.78 is 57.5. The number of imidazole rings is 1. The number of aromatic nitrogens is 3. The van der Waals surface area contributed by atoms with Crippen LogP contribution in [0, 0.1) is 12.7 Å². The Kier molecular flexibility index (Phi) is 4.92. The number of nitrogens with zero attached hydrogens (tertiary/aromatic N) is 3. The van der Waals surface area contributed by atoms with Gasteiger partial charge in [-0.25, -0.2) is 13.8 Å². The van der Waals surface area contributed by atoms with Crippen LogP contribution in [0.25, 0.3) is 16.6 Å². The number of alkyl halides is 3. The lowest BCUT2D eigenvalue weighted by atomic mass is 10.1. The number of para-hydroxylation sites is 1. The first-order valence-electron chi connectivity index (χ1n) is 9.05. The highest BCUT2D eigenvalue weighted by Gasteiger charge is 2.31. The second kappa shape index (κ2) is 7.46. The molecular formula is C21H15F4N3O3. The number of hydrogen-bond acceptors (Lipinski definition) is 4. The van der Waals surface area contributed by atoms with Crippen molar-refractivity contribution in [3.05, 3.63) is 82.3 Å². The van der Waals surface area contributed by atoms with Crippen molar-refractivity contribution in [2.45, 2.75) is 19.8 Å². The fourth-order valence-corrected chi connectivity index (χ4v) is 3.35. The third-order valence-corrected chi connectivity index (χ3v) is 4.84. The van der Waals surface area contributed by atoms with Gasteiger partial charge < -0.3 is 9.84 Å². The highest BCUT2D eigenvalue weighted by atomic mass is 19.4. The summed E-state index contributed by atoms with van der Waals surface area (Å²) in [5.74, 6) is -1.48. The molecule has 10 heteroatoms. The molecule has 0 spiro atoms. The van der Waals surface area contributed by atoms with Crippen LogP contribution in [0.3, 0.4) is 0 Å². The summed E-state index contributed by atoms with van der Waals surface area (Å²) in [6.07, 6.45) is -3.79. The van der Waals surface area contributed by atoms with Crippen LogP contribution in [-0.4, -0.2) is 25.6 Å². The van der Waals surface area contributed by atoms with Crippen molar-refractivity contribution in [1.29, 1.82) is 0 Å². The zero-order valence-corrected chi connectivity index (χ0v) is 16.0. The van der Waals surface area contributed by atoms with Gasteiger partial charge >= 0.3 is 12.1 Å². The fraction of sp³-hybridized carbons (Fsp3) is 0.143. The van der Waals surface area contributed by atoms with Gasteiger partial charge in [0.2, 0.25) is 5.88 Å². The van der Waals surface area contributed by atoms with Crippen molar-refractivity contribution in [2.24, 2.45) is 0 Å². The van der Waals surface area contributed by atoms with Gasteiger partial charge in [-0.3, -0.25) is 9.55 Å². The Morgan fingerprint density at radius 2 is 1.77 bits per heavy atom. The summed E-state index contributed by atoms with van der Waals surface area (Å²) in [6, 6.07) is 11.3. The van der Waals surface area contributed by atoms with Crippen molar-refractivity contribution in [1.82, 2.24) is 14.1 Å². The Labute approximate surface area is 172 Å². The molecule has 0 aliphatic rings. The van der Waals surface area contributed by atoms with Crippen molar-refractivity contribution in [2.75, 3.05) is 0 Å². The number of ether oxygens (including phenoxy) is 1. The predicted molar refractivity (Wildman–Crippen MR) is 104 cm³/mol. The zero-order valence-electron chi connectivity index (χ0n) is 16.0. The smallest absolute Gasteiger partial charge is 0.493 e. The highest BCUT2D eigenvalue weighted by Crippen LogP contribution is 2.27. The van der Waals surface area contributed by atoms with E-state index >= 15 is 0 Å². The van der Waals surface area contributed by atoms with Gasteiger partial charge in [-0.05, 0) is 37.3 Å². The average Bonchev–Trinajstić information content (AvgIpc) is 2.93. The molecule has 2 aromatic carbocycles. The molecule has 0 saturated heterocycles. The molecule has 6 nitrogen and oxygen atoms in total. The molecule has 0 aliphatic carbocycles. The minimum atomic E-state index is -4.85. The molecule has 0 saturated carbocycles. The topological polar surface area (TPSA) is 69.3 Å². The minimum absolute atomic E-state index is 0.124. The number of aromatic hydroxyl groups is 1. The van der Waals surface area contributed by atoms with E-state index in [2.05, 4.69) is 9.72 Å². The van der Waals surface area contributed by atoms with Gasteiger partial charge in [0.05, 0.1) is 29.6 Å². The van der Waals surface area contributed by atoms with Crippen LogP contribution in [0.1, 0.15) is 11.3 Å². The van der Waals surface area contributed by atoms with E-state index in [-0.39, 0.29) is 23.5 Å². The Bertz CT molecular complexity index is 1320. The van der Waals surface area contributed by atoms with Gasteiger partial charge in [0, 0.05) is 10.9 Å². The van der Waals surface area contributed by atoms with Crippen LogP contribution in [-0.2, 0) is 6.54 Å². The Hall–Kier alpha value is -3.82. The second-order valence-electron chi connectivity index (χ2n) is 6.76. The normalized spacial score (nSPS) is 11.8. The van der Waals surface area contributed by atoms with Crippen molar-refractivity contribution in [3.63, 3.8) is 0 Å². The Morgan fingerprint density at radius 1 is 1.10 bits per heavy atom. The first-order valence-corrected chi connectivity index (χ1v) is 9.05. The summed E-state index contributed by atoms with van der Waals surface area (Å²) in [4.78, 5) is 17.0. The summed E-state index contributed by atoms with van der Waals surface area (Å²) in [7, 11) is 0. The largest absolute Gasteiger partial charge is 0.573 e. The van der Waals surface area contributed by atoms with Crippen LogP contribution in [0.4, 0.5) is 17.6 Å². The molecule has 160 valence electrons. The molecule has 0 radical (unpaired) electrons. The van der Waals surface area contributed by atoms with E-state index in [1.807, 2.05) is 0 Å². The minimum Gasteiger partial charge on any atom is -0.493 e. The number of pyridine rings is 1. The van der Waals surface area contributed by atoms with E-state index in [1.165, 1.54) is 23.6 Å². The highest BCUT2D eigenvalue weighted by molar-refractivity contribution is 5.82. The third-order valence-electron chi connectivity index (χ3n) is 4.84. The van der Waals surface area contributed by atoms with Crippen LogP contribution in [0.15, 0.2) is 59.5 Å². The van der Waals surface area contributed by atoms with Crippen LogP contribution < -0.4 is 10.4 Å². The van der Waals surface area contributed by atoms with Crippen LogP contribution >= 0.6 is 0 Å². The fourth-order valence-electron chi connectivity index (χ4n) is 3.35. The molecule has 0 amide bonds. The zero-order chi connectivity index (χ0) is 22.3. The second-order valence-corrected chi connectivity index (χ2v) is 6.76. The predicted octanol–water partition coefficient (Wildman–Crippen LogP) is 4.29. The standard InChI is InChI=1S/C21H15F4N3O3/c1-12-19(29)28(13-6-8-14(9-7-13)31-21(23,24)25)20(30)27(12)11-16-15-4-2-3-5-18(15)26-10-17(16)22/h2-10,29H,11H2,1H3. The number of halogens is 4. The number of hydrogen-bond donors (Lipinski definition) is 1. The summed E-state index contributed by atoms with van der Waals surface area (Å²) in [5, 5.41) is 11.0. The Morgan fingerprint density at radius 3 is 2.45 bits per heavy atom. The molecule has 31 heavy (non-hydrogen) atoms. The maximum absolute atomic E-state index is 14.5. The molecule has 0 unspecified atom stereocenters. The van der Waals surface area contributed by atoms with E-state index in [0.717, 1.165) is 22.9 Å². The maximum Gasteiger partial charge on any atom is 0.573 e. The van der Waals surface area contributed by atoms with Crippen LogP contribution in [0.2, 0.25) is 0 Å².